The monoisotopic (exact) mass is 345 g/mol. The van der Waals surface area contributed by atoms with Gasteiger partial charge in [-0.05, 0) is 31.2 Å². The van der Waals surface area contributed by atoms with E-state index in [9.17, 15) is 5.11 Å². The molecule has 100 valence electrons. The summed E-state index contributed by atoms with van der Waals surface area (Å²) in [6, 6.07) is 15.3. The van der Waals surface area contributed by atoms with Crippen molar-refractivity contribution < 1.29 is 5.11 Å². The highest BCUT2D eigenvalue weighted by molar-refractivity contribution is 9.10. The maximum atomic E-state index is 9.57. The lowest BCUT2D eigenvalue weighted by molar-refractivity contribution is 0.475. The SMILES string of the molecule is Cc1sc(-c2cccc(O)c2)nc1-c1ccc(Br)cc1. The number of aromatic hydroxyl groups is 1. The second kappa shape index (κ2) is 5.38. The fourth-order valence-corrected chi connectivity index (χ4v) is 3.23. The maximum Gasteiger partial charge on any atom is 0.124 e. The van der Waals surface area contributed by atoms with E-state index in [0.717, 1.165) is 26.3 Å². The highest BCUT2D eigenvalue weighted by Gasteiger charge is 2.11. The van der Waals surface area contributed by atoms with Gasteiger partial charge in [0.1, 0.15) is 10.8 Å². The lowest BCUT2D eigenvalue weighted by atomic mass is 10.1. The number of phenols is 1. The molecule has 3 aromatic rings. The van der Waals surface area contributed by atoms with Gasteiger partial charge in [0.25, 0.3) is 0 Å². The topological polar surface area (TPSA) is 33.1 Å². The molecule has 2 aromatic carbocycles. The third kappa shape index (κ3) is 2.62. The molecule has 1 aromatic heterocycles. The Labute approximate surface area is 129 Å². The molecular weight excluding hydrogens is 334 g/mol. The van der Waals surface area contributed by atoms with Crippen LogP contribution in [0.2, 0.25) is 0 Å². The van der Waals surface area contributed by atoms with Crippen LogP contribution in [0.15, 0.2) is 53.0 Å². The first-order chi connectivity index (χ1) is 9.63. The molecule has 0 bridgehead atoms. The summed E-state index contributed by atoms with van der Waals surface area (Å²) in [5.74, 6) is 0.264. The van der Waals surface area contributed by atoms with Crippen molar-refractivity contribution in [3.63, 3.8) is 0 Å². The summed E-state index contributed by atoms with van der Waals surface area (Å²) in [5, 5.41) is 10.5. The average molecular weight is 346 g/mol. The molecule has 3 rings (SSSR count). The molecule has 0 spiro atoms. The van der Waals surface area contributed by atoms with Crippen molar-refractivity contribution >= 4 is 27.3 Å². The second-order valence-electron chi connectivity index (χ2n) is 4.48. The Morgan fingerprint density at radius 2 is 1.80 bits per heavy atom. The molecule has 0 aliphatic carbocycles. The van der Waals surface area contributed by atoms with E-state index in [2.05, 4.69) is 35.0 Å². The highest BCUT2D eigenvalue weighted by atomic mass is 79.9. The van der Waals surface area contributed by atoms with Crippen molar-refractivity contribution in [3.8, 4) is 27.6 Å². The Bertz CT molecular complexity index is 749. The van der Waals surface area contributed by atoms with Crippen molar-refractivity contribution in [2.75, 3.05) is 0 Å². The molecule has 0 aliphatic heterocycles. The van der Waals surface area contributed by atoms with Gasteiger partial charge in [0, 0.05) is 20.5 Å². The molecule has 0 aliphatic rings. The fraction of sp³-hybridized carbons (Fsp3) is 0.0625. The van der Waals surface area contributed by atoms with Gasteiger partial charge < -0.3 is 5.11 Å². The standard InChI is InChI=1S/C16H12BrNOS/c1-10-15(11-5-7-13(17)8-6-11)18-16(20-10)12-3-2-4-14(19)9-12/h2-9,19H,1H3. The lowest BCUT2D eigenvalue weighted by Crippen LogP contribution is -1.81. The van der Waals surface area contributed by atoms with Crippen LogP contribution in [0.25, 0.3) is 21.8 Å². The van der Waals surface area contributed by atoms with Gasteiger partial charge in [-0.3, -0.25) is 0 Å². The zero-order valence-electron chi connectivity index (χ0n) is 10.8. The molecule has 0 saturated carbocycles. The Kier molecular flexibility index (Phi) is 3.59. The first-order valence-electron chi connectivity index (χ1n) is 6.16. The van der Waals surface area contributed by atoms with Gasteiger partial charge in [0.05, 0.1) is 5.69 Å². The van der Waals surface area contributed by atoms with Crippen LogP contribution in [-0.4, -0.2) is 10.1 Å². The summed E-state index contributed by atoms with van der Waals surface area (Å²) < 4.78 is 1.06. The molecule has 0 radical (unpaired) electrons. The number of thiazole rings is 1. The fourth-order valence-electron chi connectivity index (χ4n) is 2.03. The number of nitrogens with zero attached hydrogens (tertiary/aromatic N) is 1. The Hall–Kier alpha value is -1.65. The molecule has 0 amide bonds. The highest BCUT2D eigenvalue weighted by Crippen LogP contribution is 2.34. The van der Waals surface area contributed by atoms with Gasteiger partial charge in [0.2, 0.25) is 0 Å². The number of hydrogen-bond acceptors (Lipinski definition) is 3. The van der Waals surface area contributed by atoms with E-state index >= 15 is 0 Å². The van der Waals surface area contributed by atoms with Gasteiger partial charge in [-0.1, -0.05) is 40.2 Å². The van der Waals surface area contributed by atoms with Gasteiger partial charge in [-0.2, -0.15) is 0 Å². The Morgan fingerprint density at radius 3 is 2.50 bits per heavy atom. The third-order valence-electron chi connectivity index (χ3n) is 3.01. The Balaban J connectivity index is 2.05. The third-order valence-corrected chi connectivity index (χ3v) is 4.56. The number of rotatable bonds is 2. The van der Waals surface area contributed by atoms with Crippen LogP contribution >= 0.6 is 27.3 Å². The van der Waals surface area contributed by atoms with Gasteiger partial charge in [-0.25, -0.2) is 4.98 Å². The predicted molar refractivity (Wildman–Crippen MR) is 87.1 cm³/mol. The number of phenolic OH excluding ortho intramolecular Hbond substituents is 1. The molecule has 20 heavy (non-hydrogen) atoms. The molecule has 1 N–H and O–H groups in total. The Morgan fingerprint density at radius 1 is 1.05 bits per heavy atom. The normalized spacial score (nSPS) is 10.7. The van der Waals surface area contributed by atoms with Crippen LogP contribution in [0, 0.1) is 6.92 Å². The molecule has 0 atom stereocenters. The van der Waals surface area contributed by atoms with Crippen LogP contribution in [-0.2, 0) is 0 Å². The first kappa shape index (κ1) is 13.3. The van der Waals surface area contributed by atoms with E-state index in [0.29, 0.717) is 0 Å². The quantitative estimate of drug-likeness (QED) is 0.687. The number of aromatic nitrogens is 1. The summed E-state index contributed by atoms with van der Waals surface area (Å²) >= 11 is 5.08. The number of benzene rings is 2. The van der Waals surface area contributed by atoms with E-state index in [4.69, 9.17) is 4.98 Å². The van der Waals surface area contributed by atoms with E-state index in [-0.39, 0.29) is 5.75 Å². The number of halogens is 1. The molecule has 2 nitrogen and oxygen atoms in total. The molecule has 1 heterocycles. The second-order valence-corrected chi connectivity index (χ2v) is 6.60. The van der Waals surface area contributed by atoms with Crippen LogP contribution < -0.4 is 0 Å². The molecular formula is C16H12BrNOS. The van der Waals surface area contributed by atoms with Crippen molar-refractivity contribution in [1.29, 1.82) is 0 Å². The van der Waals surface area contributed by atoms with Crippen LogP contribution in [0.5, 0.6) is 5.75 Å². The smallest absolute Gasteiger partial charge is 0.124 e. The molecule has 0 saturated heterocycles. The maximum absolute atomic E-state index is 9.57. The molecule has 0 fully saturated rings. The number of aryl methyl sites for hydroxylation is 1. The zero-order chi connectivity index (χ0) is 14.1. The van der Waals surface area contributed by atoms with Gasteiger partial charge in [0.15, 0.2) is 0 Å². The van der Waals surface area contributed by atoms with Crippen LogP contribution in [0.1, 0.15) is 4.88 Å². The number of hydrogen-bond donors (Lipinski definition) is 1. The van der Waals surface area contributed by atoms with E-state index < -0.39 is 0 Å². The summed E-state index contributed by atoms with van der Waals surface area (Å²) in [7, 11) is 0. The molecule has 4 heteroatoms. The summed E-state index contributed by atoms with van der Waals surface area (Å²) in [6.45, 7) is 2.07. The van der Waals surface area contributed by atoms with Gasteiger partial charge >= 0.3 is 0 Å². The predicted octanol–water partition coefficient (Wildman–Crippen LogP) is 5.25. The lowest BCUT2D eigenvalue weighted by Gasteiger charge is -1.99. The van der Waals surface area contributed by atoms with Crippen molar-refractivity contribution in [2.45, 2.75) is 6.92 Å². The minimum atomic E-state index is 0.264. The summed E-state index contributed by atoms with van der Waals surface area (Å²) in [6.07, 6.45) is 0. The largest absolute Gasteiger partial charge is 0.508 e. The first-order valence-corrected chi connectivity index (χ1v) is 7.77. The summed E-state index contributed by atoms with van der Waals surface area (Å²) in [4.78, 5) is 5.89. The summed E-state index contributed by atoms with van der Waals surface area (Å²) in [5.41, 5.74) is 3.05. The average Bonchev–Trinajstić information content (AvgIpc) is 2.82. The minimum absolute atomic E-state index is 0.264. The van der Waals surface area contributed by atoms with Crippen molar-refractivity contribution in [1.82, 2.24) is 4.98 Å². The van der Waals surface area contributed by atoms with Crippen LogP contribution in [0.3, 0.4) is 0 Å². The zero-order valence-corrected chi connectivity index (χ0v) is 13.2. The van der Waals surface area contributed by atoms with Crippen molar-refractivity contribution in [3.05, 3.63) is 57.9 Å². The van der Waals surface area contributed by atoms with E-state index in [1.165, 1.54) is 4.88 Å². The van der Waals surface area contributed by atoms with E-state index in [1.807, 2.05) is 24.3 Å². The van der Waals surface area contributed by atoms with Crippen LogP contribution in [0.4, 0.5) is 0 Å². The van der Waals surface area contributed by atoms with Crippen molar-refractivity contribution in [2.24, 2.45) is 0 Å². The van der Waals surface area contributed by atoms with Gasteiger partial charge in [-0.15, -0.1) is 11.3 Å². The minimum Gasteiger partial charge on any atom is -0.508 e. The molecule has 0 unspecified atom stereocenters. The van der Waals surface area contributed by atoms with E-state index in [1.54, 1.807) is 23.5 Å².